The highest BCUT2D eigenvalue weighted by molar-refractivity contribution is 6.11. The van der Waals surface area contributed by atoms with Crippen molar-refractivity contribution in [2.45, 2.75) is 84.0 Å². The SMILES string of the molecule is CC(C)(C)c1ccc2oc3ccc4c(c3c2c1)C(C)(C)c1ccc(N(c2ccc3c(c2)C(C)(C)c2ccccc2-3)c2ccc3c(c2)C(C)(C)c2ccccc2-3)cc1-4. The van der Waals surface area contributed by atoms with E-state index in [-0.39, 0.29) is 21.7 Å². The maximum Gasteiger partial charge on any atom is 0.135 e. The second-order valence-electron chi connectivity index (χ2n) is 19.4. The molecule has 0 radical (unpaired) electrons. The highest BCUT2D eigenvalue weighted by Gasteiger charge is 2.41. The Morgan fingerprint density at radius 2 is 0.912 bits per heavy atom. The highest BCUT2D eigenvalue weighted by Crippen LogP contribution is 2.56. The summed E-state index contributed by atoms with van der Waals surface area (Å²) in [6.07, 6.45) is 0. The van der Waals surface area contributed by atoms with Crippen molar-refractivity contribution in [3.8, 4) is 33.4 Å². The summed E-state index contributed by atoms with van der Waals surface area (Å²) in [6.45, 7) is 21.1. The molecule has 7 aromatic carbocycles. The van der Waals surface area contributed by atoms with Gasteiger partial charge in [-0.1, -0.05) is 141 Å². The number of anilines is 3. The Bertz CT molecular complexity index is 2930. The second-order valence-corrected chi connectivity index (χ2v) is 19.4. The van der Waals surface area contributed by atoms with Crippen LogP contribution in [0.5, 0.6) is 0 Å². The van der Waals surface area contributed by atoms with Crippen molar-refractivity contribution in [1.82, 2.24) is 0 Å². The standard InChI is InChI=1S/C55H49NO/c1-52(2,3)32-18-26-48-42(28-32)50-49(57-48)27-24-40-41-29-33(21-25-45(41)55(8,9)51(40)50)56(34-19-22-38-36-14-10-12-16-43(36)53(4,5)46(38)30-34)35-20-23-39-37-15-11-13-17-44(37)54(6,7)47(39)31-35/h10-31H,1-9H3. The number of nitrogens with zero attached hydrogens (tertiary/aromatic N) is 1. The Kier molecular flexibility index (Phi) is 6.74. The lowest BCUT2D eigenvalue weighted by Crippen LogP contribution is -2.18. The third-order valence-electron chi connectivity index (χ3n) is 14.0. The van der Waals surface area contributed by atoms with Crippen LogP contribution >= 0.6 is 0 Å². The average molecular weight is 740 g/mol. The molecule has 0 aliphatic heterocycles. The molecular weight excluding hydrogens is 691 g/mol. The summed E-state index contributed by atoms with van der Waals surface area (Å²) in [5.41, 5.74) is 22.5. The van der Waals surface area contributed by atoms with Gasteiger partial charge in [0.1, 0.15) is 11.2 Å². The second kappa shape index (κ2) is 11.2. The zero-order chi connectivity index (χ0) is 39.4. The van der Waals surface area contributed by atoms with Crippen LogP contribution in [0.25, 0.3) is 55.3 Å². The molecule has 0 N–H and O–H groups in total. The van der Waals surface area contributed by atoms with Crippen LogP contribution in [0.2, 0.25) is 0 Å². The fourth-order valence-electron chi connectivity index (χ4n) is 10.9. The van der Waals surface area contributed by atoms with E-state index >= 15 is 0 Å². The van der Waals surface area contributed by atoms with E-state index in [0.29, 0.717) is 0 Å². The average Bonchev–Trinajstić information content (AvgIpc) is 3.83. The van der Waals surface area contributed by atoms with Gasteiger partial charge in [0.15, 0.2) is 0 Å². The molecule has 57 heavy (non-hydrogen) atoms. The molecule has 1 aromatic heterocycles. The van der Waals surface area contributed by atoms with Crippen LogP contribution in [-0.2, 0) is 21.7 Å². The molecule has 0 fully saturated rings. The maximum atomic E-state index is 6.56. The molecule has 0 bridgehead atoms. The maximum absolute atomic E-state index is 6.56. The molecule has 2 nitrogen and oxygen atoms in total. The zero-order valence-electron chi connectivity index (χ0n) is 34.6. The van der Waals surface area contributed by atoms with Crippen LogP contribution in [0, 0.1) is 0 Å². The Labute approximate surface area is 336 Å². The van der Waals surface area contributed by atoms with Gasteiger partial charge in [0.25, 0.3) is 0 Å². The summed E-state index contributed by atoms with van der Waals surface area (Å²) in [4.78, 5) is 2.51. The first-order chi connectivity index (χ1) is 27.2. The molecule has 3 aliphatic rings. The van der Waals surface area contributed by atoms with Crippen molar-refractivity contribution in [1.29, 1.82) is 0 Å². The van der Waals surface area contributed by atoms with Gasteiger partial charge in [-0.2, -0.15) is 0 Å². The Balaban J connectivity index is 1.13. The monoisotopic (exact) mass is 739 g/mol. The Morgan fingerprint density at radius 3 is 1.51 bits per heavy atom. The van der Waals surface area contributed by atoms with Crippen LogP contribution in [-0.4, -0.2) is 0 Å². The largest absolute Gasteiger partial charge is 0.456 e. The van der Waals surface area contributed by atoms with E-state index in [2.05, 4.69) is 201 Å². The topological polar surface area (TPSA) is 16.4 Å². The summed E-state index contributed by atoms with van der Waals surface area (Å²) in [6, 6.07) is 50.6. The smallest absolute Gasteiger partial charge is 0.135 e. The van der Waals surface area contributed by atoms with Gasteiger partial charge < -0.3 is 9.32 Å². The van der Waals surface area contributed by atoms with Gasteiger partial charge in [0.2, 0.25) is 0 Å². The molecular formula is C55H49NO. The summed E-state index contributed by atoms with van der Waals surface area (Å²) in [7, 11) is 0. The van der Waals surface area contributed by atoms with Gasteiger partial charge in [-0.15, -0.1) is 0 Å². The van der Waals surface area contributed by atoms with Crippen molar-refractivity contribution >= 4 is 39.0 Å². The molecule has 3 aliphatic carbocycles. The summed E-state index contributed by atoms with van der Waals surface area (Å²) in [5, 5.41) is 2.45. The molecule has 0 saturated heterocycles. The molecule has 2 heteroatoms. The quantitative estimate of drug-likeness (QED) is 0.179. The minimum absolute atomic E-state index is 0.0394. The highest BCUT2D eigenvalue weighted by atomic mass is 16.3. The summed E-state index contributed by atoms with van der Waals surface area (Å²) >= 11 is 0. The van der Waals surface area contributed by atoms with Crippen LogP contribution in [0.1, 0.15) is 101 Å². The normalized spacial score (nSPS) is 16.2. The number of hydrogen-bond acceptors (Lipinski definition) is 2. The van der Waals surface area contributed by atoms with Gasteiger partial charge in [-0.05, 0) is 132 Å². The number of hydrogen-bond donors (Lipinski definition) is 0. The predicted octanol–water partition coefficient (Wildman–Crippen LogP) is 15.3. The molecule has 1 heterocycles. The zero-order valence-corrected chi connectivity index (χ0v) is 34.6. The number of benzene rings is 7. The van der Waals surface area contributed by atoms with Crippen LogP contribution < -0.4 is 4.90 Å². The van der Waals surface area contributed by atoms with Crippen molar-refractivity contribution in [3.63, 3.8) is 0 Å². The Morgan fingerprint density at radius 1 is 0.421 bits per heavy atom. The van der Waals surface area contributed by atoms with Gasteiger partial charge in [-0.25, -0.2) is 0 Å². The molecule has 8 aromatic rings. The van der Waals surface area contributed by atoms with E-state index in [4.69, 9.17) is 4.42 Å². The van der Waals surface area contributed by atoms with Gasteiger partial charge in [-0.3, -0.25) is 0 Å². The molecule has 11 rings (SSSR count). The van der Waals surface area contributed by atoms with Gasteiger partial charge in [0, 0.05) is 44.1 Å². The molecule has 0 amide bonds. The van der Waals surface area contributed by atoms with E-state index in [1.165, 1.54) is 94.5 Å². The van der Waals surface area contributed by atoms with Crippen LogP contribution in [0.4, 0.5) is 17.1 Å². The lowest BCUT2D eigenvalue weighted by Gasteiger charge is -2.30. The van der Waals surface area contributed by atoms with Crippen molar-refractivity contribution in [2.24, 2.45) is 0 Å². The predicted molar refractivity (Wildman–Crippen MR) is 240 cm³/mol. The lowest BCUT2D eigenvalue weighted by molar-refractivity contribution is 0.590. The number of fused-ring (bicyclic) bond motifs is 13. The number of furan rings is 1. The Hall–Kier alpha value is -5.86. The molecule has 0 unspecified atom stereocenters. The van der Waals surface area contributed by atoms with Crippen LogP contribution in [0.15, 0.2) is 138 Å². The first-order valence-electron chi connectivity index (χ1n) is 20.6. The van der Waals surface area contributed by atoms with Gasteiger partial charge >= 0.3 is 0 Å². The molecule has 0 atom stereocenters. The number of rotatable bonds is 3. The first kappa shape index (κ1) is 34.4. The molecule has 0 spiro atoms. The third kappa shape index (κ3) is 4.59. The third-order valence-corrected chi connectivity index (χ3v) is 14.0. The van der Waals surface area contributed by atoms with E-state index in [0.717, 1.165) is 16.9 Å². The van der Waals surface area contributed by atoms with E-state index in [9.17, 15) is 0 Å². The minimum Gasteiger partial charge on any atom is -0.456 e. The van der Waals surface area contributed by atoms with E-state index < -0.39 is 0 Å². The molecule has 0 saturated carbocycles. The lowest BCUT2D eigenvalue weighted by atomic mass is 9.80. The van der Waals surface area contributed by atoms with Crippen molar-refractivity contribution < 1.29 is 4.42 Å². The summed E-state index contributed by atoms with van der Waals surface area (Å²) in [5.74, 6) is 0. The van der Waals surface area contributed by atoms with Crippen molar-refractivity contribution in [2.75, 3.05) is 4.90 Å². The molecule has 280 valence electrons. The summed E-state index contributed by atoms with van der Waals surface area (Å²) < 4.78 is 6.56. The van der Waals surface area contributed by atoms with E-state index in [1.807, 2.05) is 0 Å². The minimum atomic E-state index is -0.213. The van der Waals surface area contributed by atoms with Gasteiger partial charge in [0.05, 0.1) is 0 Å². The first-order valence-corrected chi connectivity index (χ1v) is 20.6. The fraction of sp³-hybridized carbons (Fsp3) is 0.236. The fourth-order valence-corrected chi connectivity index (χ4v) is 10.9. The van der Waals surface area contributed by atoms with E-state index in [1.54, 1.807) is 0 Å². The van der Waals surface area contributed by atoms with Crippen LogP contribution in [0.3, 0.4) is 0 Å². The van der Waals surface area contributed by atoms with Crippen molar-refractivity contribution in [3.05, 3.63) is 172 Å².